The number of nitrogens with one attached hydrogen (secondary N) is 1. The predicted molar refractivity (Wildman–Crippen MR) is 96.6 cm³/mol. The monoisotopic (exact) mass is 334 g/mol. The van der Waals surface area contributed by atoms with Gasteiger partial charge in [0.25, 0.3) is 5.91 Å². The van der Waals surface area contributed by atoms with Crippen LogP contribution in [0.4, 0.5) is 0 Å². The van der Waals surface area contributed by atoms with Crippen LogP contribution in [0.5, 0.6) is 11.5 Å². The summed E-state index contributed by atoms with van der Waals surface area (Å²) in [6.45, 7) is 2.11. The van der Waals surface area contributed by atoms with Crippen LogP contribution in [0.25, 0.3) is 5.57 Å². The van der Waals surface area contributed by atoms with Gasteiger partial charge in [0.05, 0.1) is 12.7 Å². The highest BCUT2D eigenvalue weighted by molar-refractivity contribution is 6.13. The van der Waals surface area contributed by atoms with Crippen LogP contribution in [0.2, 0.25) is 0 Å². The van der Waals surface area contributed by atoms with Crippen molar-refractivity contribution in [2.45, 2.75) is 0 Å². The zero-order valence-corrected chi connectivity index (χ0v) is 13.9. The molecule has 0 atom stereocenters. The molecular formula is C20H18N2O3. The van der Waals surface area contributed by atoms with Crippen molar-refractivity contribution >= 4 is 17.7 Å². The van der Waals surface area contributed by atoms with Gasteiger partial charge in [-0.3, -0.25) is 4.79 Å². The van der Waals surface area contributed by atoms with Crippen LogP contribution < -0.4 is 14.8 Å². The summed E-state index contributed by atoms with van der Waals surface area (Å²) in [7, 11) is 1.66. The molecule has 2 aromatic rings. The molecule has 5 heteroatoms. The second-order valence-electron chi connectivity index (χ2n) is 6.02. The minimum Gasteiger partial charge on any atom is -0.497 e. The van der Waals surface area contributed by atoms with Crippen molar-refractivity contribution in [2.24, 2.45) is 4.99 Å². The second-order valence-corrected chi connectivity index (χ2v) is 6.02. The average molecular weight is 334 g/mol. The van der Waals surface area contributed by atoms with Gasteiger partial charge in [-0.1, -0.05) is 12.1 Å². The Morgan fingerprint density at radius 1 is 1.08 bits per heavy atom. The summed E-state index contributed by atoms with van der Waals surface area (Å²) in [5.41, 5.74) is 5.09. The van der Waals surface area contributed by atoms with Crippen molar-refractivity contribution < 1.29 is 14.3 Å². The van der Waals surface area contributed by atoms with Crippen LogP contribution in [-0.2, 0) is 0 Å². The van der Waals surface area contributed by atoms with Crippen molar-refractivity contribution in [2.75, 3.05) is 26.8 Å². The third kappa shape index (κ3) is 3.06. The normalized spacial score (nSPS) is 15.6. The molecule has 0 bridgehead atoms. The molecule has 0 saturated carbocycles. The van der Waals surface area contributed by atoms with E-state index in [0.29, 0.717) is 17.9 Å². The van der Waals surface area contributed by atoms with Gasteiger partial charge >= 0.3 is 0 Å². The van der Waals surface area contributed by atoms with E-state index in [-0.39, 0.29) is 5.91 Å². The number of hydrogen-bond donors (Lipinski definition) is 1. The summed E-state index contributed by atoms with van der Waals surface area (Å²) in [5, 5.41) is 3.38. The number of benzene rings is 2. The van der Waals surface area contributed by atoms with Crippen LogP contribution in [0, 0.1) is 0 Å². The van der Waals surface area contributed by atoms with Gasteiger partial charge in [-0.05, 0) is 47.0 Å². The first-order chi connectivity index (χ1) is 12.2. The van der Waals surface area contributed by atoms with Crippen molar-refractivity contribution in [3.63, 3.8) is 0 Å². The molecule has 2 aromatic carbocycles. The SMILES string of the molecule is COc1ccc(C2=C(COc3ccc4c(c3)C(=O)N=C4)CNC2)cc1. The number of aliphatic imine (C=N–C) groups is 1. The molecule has 0 radical (unpaired) electrons. The Bertz CT molecular complexity index is 882. The minimum absolute atomic E-state index is 0.207. The van der Waals surface area contributed by atoms with Crippen molar-refractivity contribution in [3.05, 3.63) is 64.7 Å². The number of carbonyl (C=O) groups is 1. The molecule has 0 saturated heterocycles. The van der Waals surface area contributed by atoms with Crippen molar-refractivity contribution in [1.29, 1.82) is 0 Å². The van der Waals surface area contributed by atoms with Crippen molar-refractivity contribution in [3.8, 4) is 11.5 Å². The van der Waals surface area contributed by atoms with Gasteiger partial charge in [-0.15, -0.1) is 0 Å². The maximum atomic E-state index is 11.7. The first-order valence-electron chi connectivity index (χ1n) is 8.16. The van der Waals surface area contributed by atoms with Crippen LogP contribution in [0.1, 0.15) is 21.5 Å². The highest BCUT2D eigenvalue weighted by Gasteiger charge is 2.18. The van der Waals surface area contributed by atoms with E-state index in [1.54, 1.807) is 19.4 Å². The molecule has 0 unspecified atom stereocenters. The lowest BCUT2D eigenvalue weighted by Gasteiger charge is -2.11. The van der Waals surface area contributed by atoms with E-state index in [9.17, 15) is 4.79 Å². The fourth-order valence-electron chi connectivity index (χ4n) is 3.10. The number of methoxy groups -OCH3 is 1. The van der Waals surface area contributed by atoms with E-state index in [1.807, 2.05) is 24.3 Å². The minimum atomic E-state index is -0.207. The Labute approximate surface area is 146 Å². The van der Waals surface area contributed by atoms with Gasteiger partial charge < -0.3 is 14.8 Å². The number of hydrogen-bond acceptors (Lipinski definition) is 4. The van der Waals surface area contributed by atoms with E-state index in [2.05, 4.69) is 22.4 Å². The van der Waals surface area contributed by atoms with Gasteiger partial charge in [0.1, 0.15) is 18.1 Å². The Hall–Kier alpha value is -2.92. The van der Waals surface area contributed by atoms with Crippen LogP contribution >= 0.6 is 0 Å². The molecule has 1 N–H and O–H groups in total. The molecule has 1 amide bonds. The van der Waals surface area contributed by atoms with E-state index in [1.165, 1.54) is 16.7 Å². The number of carbonyl (C=O) groups excluding carboxylic acids is 1. The topological polar surface area (TPSA) is 59.9 Å². The zero-order chi connectivity index (χ0) is 17.2. The predicted octanol–water partition coefficient (Wildman–Crippen LogP) is 2.70. The van der Waals surface area contributed by atoms with Crippen LogP contribution in [0.15, 0.2) is 53.0 Å². The van der Waals surface area contributed by atoms with E-state index in [0.717, 1.165) is 24.4 Å². The largest absolute Gasteiger partial charge is 0.497 e. The first kappa shape index (κ1) is 15.6. The summed E-state index contributed by atoms with van der Waals surface area (Å²) >= 11 is 0. The molecule has 2 aliphatic heterocycles. The van der Waals surface area contributed by atoms with E-state index >= 15 is 0 Å². The molecule has 5 nitrogen and oxygen atoms in total. The lowest BCUT2D eigenvalue weighted by Crippen LogP contribution is -2.11. The number of ether oxygens (including phenoxy) is 2. The quantitative estimate of drug-likeness (QED) is 0.913. The molecule has 2 heterocycles. The second kappa shape index (κ2) is 6.53. The molecule has 4 rings (SSSR count). The molecular weight excluding hydrogens is 316 g/mol. The van der Waals surface area contributed by atoms with E-state index < -0.39 is 0 Å². The number of amides is 1. The molecule has 0 aromatic heterocycles. The smallest absolute Gasteiger partial charge is 0.277 e. The standard InChI is InChI=1S/C20H18N2O3/c1-24-16-5-2-13(3-6-16)19-11-21-9-15(19)12-25-17-7-4-14-10-22-20(23)18(14)8-17/h2-8,10,21H,9,11-12H2,1H3. The average Bonchev–Trinajstić information content (AvgIpc) is 3.27. The summed E-state index contributed by atoms with van der Waals surface area (Å²) in [5.74, 6) is 1.32. The summed E-state index contributed by atoms with van der Waals surface area (Å²) in [4.78, 5) is 15.5. The number of fused-ring (bicyclic) bond motifs is 1. The van der Waals surface area contributed by atoms with Crippen molar-refractivity contribution in [1.82, 2.24) is 5.32 Å². The van der Waals surface area contributed by atoms with Gasteiger partial charge in [0.2, 0.25) is 0 Å². The third-order valence-corrected chi connectivity index (χ3v) is 4.49. The molecule has 2 aliphatic rings. The van der Waals surface area contributed by atoms with Gasteiger partial charge in [-0.25, -0.2) is 4.99 Å². The lowest BCUT2D eigenvalue weighted by molar-refractivity contribution is 0.101. The fraction of sp³-hybridized carbons (Fsp3) is 0.200. The Balaban J connectivity index is 1.51. The molecule has 0 fully saturated rings. The van der Waals surface area contributed by atoms with Gasteiger partial charge in [0.15, 0.2) is 0 Å². The Kier molecular flexibility index (Phi) is 4.07. The summed E-state index contributed by atoms with van der Waals surface area (Å²) < 4.78 is 11.1. The number of rotatable bonds is 5. The molecule has 25 heavy (non-hydrogen) atoms. The molecule has 126 valence electrons. The van der Waals surface area contributed by atoms with Gasteiger partial charge in [0, 0.05) is 24.9 Å². The highest BCUT2D eigenvalue weighted by Crippen LogP contribution is 2.26. The number of nitrogens with zero attached hydrogens (tertiary/aromatic N) is 1. The maximum Gasteiger partial charge on any atom is 0.277 e. The summed E-state index contributed by atoms with van der Waals surface area (Å²) in [6, 6.07) is 13.6. The lowest BCUT2D eigenvalue weighted by atomic mass is 10.0. The first-order valence-corrected chi connectivity index (χ1v) is 8.16. The fourth-order valence-corrected chi connectivity index (χ4v) is 3.10. The van der Waals surface area contributed by atoms with E-state index in [4.69, 9.17) is 9.47 Å². The zero-order valence-electron chi connectivity index (χ0n) is 13.9. The third-order valence-electron chi connectivity index (χ3n) is 4.49. The van der Waals surface area contributed by atoms with Crippen LogP contribution in [-0.4, -0.2) is 38.9 Å². The Morgan fingerprint density at radius 3 is 2.68 bits per heavy atom. The highest BCUT2D eigenvalue weighted by atomic mass is 16.5. The van der Waals surface area contributed by atoms with Gasteiger partial charge in [-0.2, -0.15) is 0 Å². The molecule has 0 spiro atoms. The Morgan fingerprint density at radius 2 is 1.88 bits per heavy atom. The maximum absolute atomic E-state index is 11.7. The van der Waals surface area contributed by atoms with Crippen LogP contribution in [0.3, 0.4) is 0 Å². The molecule has 0 aliphatic carbocycles. The summed E-state index contributed by atoms with van der Waals surface area (Å²) in [6.07, 6.45) is 1.59.